The van der Waals surface area contributed by atoms with E-state index in [4.69, 9.17) is 4.74 Å². The lowest BCUT2D eigenvalue weighted by atomic mass is 9.88. The van der Waals surface area contributed by atoms with E-state index in [0.717, 1.165) is 13.1 Å². The number of nitrogens with zero attached hydrogens (tertiary/aromatic N) is 1. The Kier molecular flexibility index (Phi) is 2.52. The Balaban J connectivity index is 1.69. The van der Waals surface area contributed by atoms with E-state index >= 15 is 0 Å². The van der Waals surface area contributed by atoms with Gasteiger partial charge in [0.25, 0.3) is 0 Å². The van der Waals surface area contributed by atoms with Gasteiger partial charge < -0.3 is 15.0 Å². The highest BCUT2D eigenvalue weighted by Crippen LogP contribution is 2.31. The highest BCUT2D eigenvalue weighted by Gasteiger charge is 2.45. The number of carbonyl (C=O) groups is 1. The molecule has 3 rings (SSSR count). The molecule has 0 aromatic heterocycles. The van der Waals surface area contributed by atoms with Crippen molar-refractivity contribution < 1.29 is 9.53 Å². The maximum absolute atomic E-state index is 11.5. The summed E-state index contributed by atoms with van der Waals surface area (Å²) in [7, 11) is 0. The predicted molar refractivity (Wildman–Crippen MR) is 65.3 cm³/mol. The van der Waals surface area contributed by atoms with Crippen molar-refractivity contribution in [1.29, 1.82) is 0 Å². The molecule has 0 aliphatic carbocycles. The van der Waals surface area contributed by atoms with Crippen LogP contribution in [-0.4, -0.2) is 37.7 Å². The molecule has 2 aliphatic rings. The fraction of sp³-hybridized carbons (Fsp3) is 0.462. The number of piperazine rings is 1. The maximum Gasteiger partial charge on any atom is 0.338 e. The highest BCUT2D eigenvalue weighted by atomic mass is 16.5. The molecule has 1 N–H and O–H groups in total. The van der Waals surface area contributed by atoms with Gasteiger partial charge in [-0.2, -0.15) is 0 Å². The summed E-state index contributed by atoms with van der Waals surface area (Å²) in [4.78, 5) is 13.9. The molecule has 4 heteroatoms. The number of hydrogen-bond acceptors (Lipinski definition) is 4. The summed E-state index contributed by atoms with van der Waals surface area (Å²) in [5.41, 5.74) is 1.82. The lowest BCUT2D eigenvalue weighted by Gasteiger charge is -2.57. The van der Waals surface area contributed by atoms with Crippen molar-refractivity contribution >= 4 is 11.7 Å². The smallest absolute Gasteiger partial charge is 0.338 e. The van der Waals surface area contributed by atoms with Crippen LogP contribution in [0.3, 0.4) is 0 Å². The van der Waals surface area contributed by atoms with Gasteiger partial charge in [-0.25, -0.2) is 4.79 Å². The first-order valence-corrected chi connectivity index (χ1v) is 6.07. The van der Waals surface area contributed by atoms with E-state index in [1.165, 1.54) is 5.69 Å². The SMILES string of the molecule is CCOC(=O)c1ccc(N2CC3NC[C@@H]32)cc1. The summed E-state index contributed by atoms with van der Waals surface area (Å²) in [5, 5.41) is 3.38. The van der Waals surface area contributed by atoms with E-state index in [1.807, 2.05) is 31.2 Å². The van der Waals surface area contributed by atoms with Crippen LogP contribution >= 0.6 is 0 Å². The lowest BCUT2D eigenvalue weighted by Crippen LogP contribution is -2.78. The number of fused-ring (bicyclic) bond motifs is 1. The Morgan fingerprint density at radius 2 is 2.24 bits per heavy atom. The van der Waals surface area contributed by atoms with Crippen molar-refractivity contribution in [2.45, 2.75) is 19.0 Å². The van der Waals surface area contributed by atoms with E-state index < -0.39 is 0 Å². The molecule has 0 amide bonds. The van der Waals surface area contributed by atoms with E-state index in [9.17, 15) is 4.79 Å². The van der Waals surface area contributed by atoms with Crippen molar-refractivity contribution in [1.82, 2.24) is 5.32 Å². The molecule has 90 valence electrons. The number of anilines is 1. The number of benzene rings is 1. The average molecular weight is 232 g/mol. The van der Waals surface area contributed by atoms with E-state index in [2.05, 4.69) is 10.2 Å². The Hall–Kier alpha value is -1.55. The van der Waals surface area contributed by atoms with Gasteiger partial charge in [0, 0.05) is 24.8 Å². The van der Waals surface area contributed by atoms with E-state index in [1.54, 1.807) is 0 Å². The fourth-order valence-electron chi connectivity index (χ4n) is 2.41. The van der Waals surface area contributed by atoms with E-state index in [0.29, 0.717) is 24.3 Å². The molecule has 1 aromatic carbocycles. The van der Waals surface area contributed by atoms with Crippen LogP contribution in [-0.2, 0) is 4.74 Å². The van der Waals surface area contributed by atoms with Crippen molar-refractivity contribution in [3.05, 3.63) is 29.8 Å². The zero-order valence-electron chi connectivity index (χ0n) is 9.85. The minimum absolute atomic E-state index is 0.245. The van der Waals surface area contributed by atoms with Gasteiger partial charge in [0.05, 0.1) is 18.2 Å². The monoisotopic (exact) mass is 232 g/mol. The van der Waals surface area contributed by atoms with Crippen LogP contribution in [0.2, 0.25) is 0 Å². The number of carbonyl (C=O) groups excluding carboxylic acids is 1. The van der Waals surface area contributed by atoms with Gasteiger partial charge in [0.1, 0.15) is 0 Å². The Labute approximate surface area is 101 Å². The number of ether oxygens (including phenoxy) is 1. The number of esters is 1. The van der Waals surface area contributed by atoms with Crippen LogP contribution in [0.15, 0.2) is 24.3 Å². The van der Waals surface area contributed by atoms with Crippen LogP contribution in [0.5, 0.6) is 0 Å². The zero-order chi connectivity index (χ0) is 11.8. The van der Waals surface area contributed by atoms with Gasteiger partial charge in [-0.1, -0.05) is 0 Å². The number of hydrogen-bond donors (Lipinski definition) is 1. The minimum Gasteiger partial charge on any atom is -0.462 e. The molecule has 2 atom stereocenters. The van der Waals surface area contributed by atoms with Crippen LogP contribution in [0.25, 0.3) is 0 Å². The summed E-state index contributed by atoms with van der Waals surface area (Å²) >= 11 is 0. The van der Waals surface area contributed by atoms with Gasteiger partial charge >= 0.3 is 5.97 Å². The summed E-state index contributed by atoms with van der Waals surface area (Å²) in [5.74, 6) is -0.245. The van der Waals surface area contributed by atoms with Crippen LogP contribution in [0, 0.1) is 0 Å². The van der Waals surface area contributed by atoms with Gasteiger partial charge in [0.2, 0.25) is 0 Å². The Bertz CT molecular complexity index is 430. The zero-order valence-corrected chi connectivity index (χ0v) is 9.85. The number of rotatable bonds is 3. The molecule has 2 fully saturated rings. The summed E-state index contributed by atoms with van der Waals surface area (Å²) in [6.45, 7) is 4.38. The third kappa shape index (κ3) is 1.69. The predicted octanol–water partition coefficient (Wildman–Crippen LogP) is 1.02. The molecule has 2 aliphatic heterocycles. The molecule has 1 unspecified atom stereocenters. The fourth-order valence-corrected chi connectivity index (χ4v) is 2.41. The molecule has 17 heavy (non-hydrogen) atoms. The van der Waals surface area contributed by atoms with Crippen LogP contribution < -0.4 is 10.2 Å². The lowest BCUT2D eigenvalue weighted by molar-refractivity contribution is 0.0526. The topological polar surface area (TPSA) is 41.6 Å². The Morgan fingerprint density at radius 3 is 2.71 bits per heavy atom. The molecule has 2 saturated heterocycles. The standard InChI is InChI=1S/C13H16N2O2/c1-2-17-13(16)9-3-5-10(6-4-9)15-8-11-12(15)7-14-11/h3-6,11-12,14H,2,7-8H2,1H3/t11?,12-/m0/s1. The van der Waals surface area contributed by atoms with Crippen molar-refractivity contribution in [2.75, 3.05) is 24.6 Å². The van der Waals surface area contributed by atoms with Gasteiger partial charge in [-0.05, 0) is 31.2 Å². The van der Waals surface area contributed by atoms with Gasteiger partial charge in [-0.15, -0.1) is 0 Å². The molecular formula is C13H16N2O2. The molecule has 0 bridgehead atoms. The van der Waals surface area contributed by atoms with E-state index in [-0.39, 0.29) is 5.97 Å². The molecule has 0 spiro atoms. The normalized spacial score (nSPS) is 25.6. The molecule has 2 heterocycles. The van der Waals surface area contributed by atoms with Gasteiger partial charge in [-0.3, -0.25) is 0 Å². The highest BCUT2D eigenvalue weighted by molar-refractivity contribution is 5.89. The Morgan fingerprint density at radius 1 is 1.47 bits per heavy atom. The molecule has 1 aromatic rings. The van der Waals surface area contributed by atoms with Crippen LogP contribution in [0.1, 0.15) is 17.3 Å². The van der Waals surface area contributed by atoms with Crippen molar-refractivity contribution in [3.63, 3.8) is 0 Å². The largest absolute Gasteiger partial charge is 0.462 e. The second-order valence-electron chi connectivity index (χ2n) is 4.50. The molecule has 0 radical (unpaired) electrons. The first-order chi connectivity index (χ1) is 8.29. The third-order valence-electron chi connectivity index (χ3n) is 3.56. The quantitative estimate of drug-likeness (QED) is 0.790. The minimum atomic E-state index is -0.245. The van der Waals surface area contributed by atoms with Crippen molar-refractivity contribution in [3.8, 4) is 0 Å². The summed E-state index contributed by atoms with van der Waals surface area (Å²) in [6, 6.07) is 9.02. The third-order valence-corrected chi connectivity index (χ3v) is 3.56. The van der Waals surface area contributed by atoms with Gasteiger partial charge in [0.15, 0.2) is 0 Å². The molecular weight excluding hydrogens is 216 g/mol. The number of nitrogens with one attached hydrogen (secondary N) is 1. The summed E-state index contributed by atoms with van der Waals surface area (Å²) in [6.07, 6.45) is 0. The first-order valence-electron chi connectivity index (χ1n) is 6.07. The van der Waals surface area contributed by atoms with Crippen molar-refractivity contribution in [2.24, 2.45) is 0 Å². The first kappa shape index (κ1) is 10.6. The molecule has 4 nitrogen and oxygen atoms in total. The second kappa shape index (κ2) is 4.04. The second-order valence-corrected chi connectivity index (χ2v) is 4.50. The molecule has 0 saturated carbocycles. The van der Waals surface area contributed by atoms with Crippen LogP contribution in [0.4, 0.5) is 5.69 Å². The summed E-state index contributed by atoms with van der Waals surface area (Å²) < 4.78 is 4.96. The average Bonchev–Trinajstić information content (AvgIpc) is 2.33. The maximum atomic E-state index is 11.5.